The SMILES string of the molecule is Cc1cc2nc3c(=O)[nH]c(=O)nc-3n(CC[C@H](O)[C@H](O)CO)c2cc1N. The van der Waals surface area contributed by atoms with Crippen molar-refractivity contribution in [3.8, 4) is 11.5 Å². The van der Waals surface area contributed by atoms with Crippen LogP contribution in [0, 0.1) is 6.92 Å². The molecule has 0 saturated carbocycles. The molecule has 0 aliphatic carbocycles. The van der Waals surface area contributed by atoms with Crippen LogP contribution in [0.4, 0.5) is 5.69 Å². The summed E-state index contributed by atoms with van der Waals surface area (Å²) in [4.78, 5) is 34.0. The molecule has 0 aromatic heterocycles. The van der Waals surface area contributed by atoms with Crippen LogP contribution in [-0.4, -0.2) is 53.7 Å². The number of fused-ring (bicyclic) bond motifs is 2. The Labute approximate surface area is 146 Å². The Morgan fingerprint density at radius 2 is 1.96 bits per heavy atom. The number of hydrogen-bond acceptors (Lipinski definition) is 8. The van der Waals surface area contributed by atoms with Crippen molar-refractivity contribution in [1.82, 2.24) is 19.5 Å². The molecule has 10 heteroatoms. The van der Waals surface area contributed by atoms with E-state index in [1.54, 1.807) is 23.6 Å². The molecular weight excluding hydrogens is 342 g/mol. The minimum atomic E-state index is -1.30. The van der Waals surface area contributed by atoms with Gasteiger partial charge in [-0.15, -0.1) is 0 Å². The van der Waals surface area contributed by atoms with Gasteiger partial charge in [0.15, 0.2) is 11.5 Å². The van der Waals surface area contributed by atoms with Crippen LogP contribution in [0.2, 0.25) is 0 Å². The van der Waals surface area contributed by atoms with E-state index in [0.717, 1.165) is 5.56 Å². The van der Waals surface area contributed by atoms with E-state index in [9.17, 15) is 19.8 Å². The van der Waals surface area contributed by atoms with Crippen LogP contribution in [0.25, 0.3) is 22.6 Å². The van der Waals surface area contributed by atoms with E-state index in [4.69, 9.17) is 10.8 Å². The van der Waals surface area contributed by atoms with Crippen LogP contribution < -0.4 is 17.0 Å². The molecule has 2 heterocycles. The minimum absolute atomic E-state index is 0.0153. The van der Waals surface area contributed by atoms with Gasteiger partial charge in [0.2, 0.25) is 0 Å². The average molecular weight is 361 g/mol. The van der Waals surface area contributed by atoms with Crippen molar-refractivity contribution in [2.45, 2.75) is 32.1 Å². The summed E-state index contributed by atoms with van der Waals surface area (Å²) >= 11 is 0. The first-order chi connectivity index (χ1) is 12.3. The van der Waals surface area contributed by atoms with Gasteiger partial charge in [0.25, 0.3) is 5.56 Å². The van der Waals surface area contributed by atoms with E-state index in [-0.39, 0.29) is 24.5 Å². The molecule has 0 radical (unpaired) electrons. The number of anilines is 1. The Morgan fingerprint density at radius 3 is 2.65 bits per heavy atom. The zero-order chi connectivity index (χ0) is 19.0. The third-order valence-corrected chi connectivity index (χ3v) is 4.28. The number of aliphatic hydroxyl groups is 3. The highest BCUT2D eigenvalue weighted by Crippen LogP contribution is 2.25. The van der Waals surface area contributed by atoms with E-state index in [1.165, 1.54) is 0 Å². The molecule has 1 aromatic rings. The summed E-state index contributed by atoms with van der Waals surface area (Å²) in [6.07, 6.45) is -2.44. The number of rotatable bonds is 5. The van der Waals surface area contributed by atoms with Gasteiger partial charge in [-0.3, -0.25) is 9.78 Å². The predicted molar refractivity (Wildman–Crippen MR) is 93.9 cm³/mol. The van der Waals surface area contributed by atoms with Crippen LogP contribution in [0.15, 0.2) is 21.7 Å². The first kappa shape index (κ1) is 18.0. The number of nitrogen functional groups attached to an aromatic ring is 1. The normalized spacial score (nSPS) is 14.0. The van der Waals surface area contributed by atoms with Crippen molar-refractivity contribution in [1.29, 1.82) is 0 Å². The van der Waals surface area contributed by atoms with Gasteiger partial charge in [0.05, 0.1) is 23.7 Å². The second-order valence-corrected chi connectivity index (χ2v) is 6.11. The molecule has 10 nitrogen and oxygen atoms in total. The zero-order valence-corrected chi connectivity index (χ0v) is 14.0. The lowest BCUT2D eigenvalue weighted by molar-refractivity contribution is -0.0191. The van der Waals surface area contributed by atoms with Crippen molar-refractivity contribution in [3.63, 3.8) is 0 Å². The van der Waals surface area contributed by atoms with Crippen LogP contribution in [0.3, 0.4) is 0 Å². The number of nitrogens with two attached hydrogens (primary N) is 1. The molecule has 0 unspecified atom stereocenters. The molecule has 2 aliphatic heterocycles. The quantitative estimate of drug-likeness (QED) is 0.272. The zero-order valence-electron chi connectivity index (χ0n) is 14.0. The first-order valence-corrected chi connectivity index (χ1v) is 7.99. The number of aliphatic hydroxyl groups excluding tert-OH is 3. The molecule has 6 N–H and O–H groups in total. The smallest absolute Gasteiger partial charge is 0.349 e. The molecule has 0 fully saturated rings. The van der Waals surface area contributed by atoms with E-state index < -0.39 is 30.1 Å². The summed E-state index contributed by atoms with van der Waals surface area (Å²) in [6, 6.07) is 3.36. The molecule has 0 saturated heterocycles. The number of nitrogens with one attached hydrogen (secondary N) is 1. The van der Waals surface area contributed by atoms with Crippen molar-refractivity contribution < 1.29 is 15.3 Å². The van der Waals surface area contributed by atoms with E-state index >= 15 is 0 Å². The van der Waals surface area contributed by atoms with Gasteiger partial charge >= 0.3 is 5.69 Å². The van der Waals surface area contributed by atoms with Crippen LogP contribution in [-0.2, 0) is 6.54 Å². The Bertz CT molecular complexity index is 1040. The molecule has 0 bridgehead atoms. The van der Waals surface area contributed by atoms with Gasteiger partial charge in [0.1, 0.15) is 6.10 Å². The van der Waals surface area contributed by atoms with Gasteiger partial charge in [0, 0.05) is 12.2 Å². The summed E-state index contributed by atoms with van der Waals surface area (Å²) in [6.45, 7) is 1.33. The first-order valence-electron chi connectivity index (χ1n) is 7.99. The van der Waals surface area contributed by atoms with Crippen LogP contribution in [0.5, 0.6) is 0 Å². The molecule has 0 amide bonds. The Kier molecular flexibility index (Phi) is 4.72. The monoisotopic (exact) mass is 361 g/mol. The number of aromatic nitrogens is 4. The van der Waals surface area contributed by atoms with Crippen LogP contribution >= 0.6 is 0 Å². The number of nitrogens with zero attached hydrogens (tertiary/aromatic N) is 3. The van der Waals surface area contributed by atoms with Crippen molar-refractivity contribution >= 4 is 16.7 Å². The Morgan fingerprint density at radius 1 is 1.23 bits per heavy atom. The second kappa shape index (κ2) is 6.83. The Balaban J connectivity index is 2.23. The van der Waals surface area contributed by atoms with Gasteiger partial charge in [-0.05, 0) is 31.0 Å². The largest absolute Gasteiger partial charge is 0.398 e. The van der Waals surface area contributed by atoms with Crippen molar-refractivity contribution in [3.05, 3.63) is 38.5 Å². The highest BCUT2D eigenvalue weighted by Gasteiger charge is 2.21. The molecule has 2 aliphatic rings. The van der Waals surface area contributed by atoms with Crippen molar-refractivity contribution in [2.24, 2.45) is 0 Å². The lowest BCUT2D eigenvalue weighted by atomic mass is 10.1. The minimum Gasteiger partial charge on any atom is -0.398 e. The summed E-state index contributed by atoms with van der Waals surface area (Å²) in [7, 11) is 0. The molecule has 26 heavy (non-hydrogen) atoms. The predicted octanol–water partition coefficient (Wildman–Crippen LogP) is -1.42. The highest BCUT2D eigenvalue weighted by atomic mass is 16.4. The third kappa shape index (κ3) is 3.17. The maximum absolute atomic E-state index is 12.1. The number of aromatic amines is 1. The molecule has 138 valence electrons. The second-order valence-electron chi connectivity index (χ2n) is 6.11. The number of aryl methyl sites for hydroxylation is 2. The highest BCUT2D eigenvalue weighted by molar-refractivity contribution is 5.83. The standard InChI is InChI=1S/C16H19N5O5/c1-7-4-9-10(5-8(7)17)21(3-2-11(23)12(24)6-22)14-13(18-9)15(25)20-16(26)19-14/h4-5,11-12,22-24H,2-3,6,17H2,1H3,(H,20,25,26)/t11-,12+/m0/s1. The molecule has 3 rings (SSSR count). The summed E-state index contributed by atoms with van der Waals surface area (Å²) in [5, 5.41) is 28.4. The molecular formula is C16H19N5O5. The lowest BCUT2D eigenvalue weighted by Gasteiger charge is -2.20. The fourth-order valence-corrected chi connectivity index (χ4v) is 2.76. The summed E-state index contributed by atoms with van der Waals surface area (Å²) < 4.78 is 1.55. The molecule has 0 spiro atoms. The van der Waals surface area contributed by atoms with Gasteiger partial charge in [-0.25, -0.2) is 9.78 Å². The lowest BCUT2D eigenvalue weighted by Crippen LogP contribution is -2.32. The molecule has 2 atom stereocenters. The third-order valence-electron chi connectivity index (χ3n) is 4.28. The maximum atomic E-state index is 12.1. The van der Waals surface area contributed by atoms with Gasteiger partial charge < -0.3 is 25.6 Å². The van der Waals surface area contributed by atoms with Crippen molar-refractivity contribution in [2.75, 3.05) is 12.3 Å². The Hall–Kier alpha value is -2.82. The fourth-order valence-electron chi connectivity index (χ4n) is 2.76. The number of benzene rings is 1. The van der Waals surface area contributed by atoms with Gasteiger partial charge in [-0.1, -0.05) is 0 Å². The number of hydrogen-bond donors (Lipinski definition) is 5. The summed E-state index contributed by atoms with van der Waals surface area (Å²) in [5.41, 5.74) is 6.76. The fraction of sp³-hybridized carbons (Fsp3) is 0.375. The summed E-state index contributed by atoms with van der Waals surface area (Å²) in [5.74, 6) is 0.0557. The van der Waals surface area contributed by atoms with E-state index in [2.05, 4.69) is 15.0 Å². The van der Waals surface area contributed by atoms with E-state index in [1.807, 2.05) is 0 Å². The van der Waals surface area contributed by atoms with Crippen LogP contribution in [0.1, 0.15) is 12.0 Å². The molecule has 1 aromatic carbocycles. The average Bonchev–Trinajstić information content (AvgIpc) is 2.59. The topological polar surface area (TPSA) is 167 Å². The number of H-pyrrole nitrogens is 1. The van der Waals surface area contributed by atoms with E-state index in [0.29, 0.717) is 16.7 Å². The van der Waals surface area contributed by atoms with Gasteiger partial charge in [-0.2, -0.15) is 4.98 Å². The maximum Gasteiger partial charge on any atom is 0.349 e.